The lowest BCUT2D eigenvalue weighted by atomic mass is 10.1. The summed E-state index contributed by atoms with van der Waals surface area (Å²) in [4.78, 5) is 0. The van der Waals surface area contributed by atoms with Crippen LogP contribution in [0.3, 0.4) is 0 Å². The zero-order valence-corrected chi connectivity index (χ0v) is 9.30. The SMILES string of the molecule is OCCCCCNC1CCCCCC1. The van der Waals surface area contributed by atoms with Gasteiger partial charge in [-0.2, -0.15) is 0 Å². The first-order valence-electron chi connectivity index (χ1n) is 6.27. The Morgan fingerprint density at radius 3 is 2.29 bits per heavy atom. The molecule has 0 spiro atoms. The third kappa shape index (κ3) is 5.61. The molecule has 0 amide bonds. The molecule has 1 rings (SSSR count). The maximum absolute atomic E-state index is 8.63. The summed E-state index contributed by atoms with van der Waals surface area (Å²) in [6, 6.07) is 0.784. The Morgan fingerprint density at radius 1 is 0.929 bits per heavy atom. The van der Waals surface area contributed by atoms with Crippen LogP contribution in [0.5, 0.6) is 0 Å². The van der Waals surface area contributed by atoms with Gasteiger partial charge in [-0.05, 0) is 38.6 Å². The van der Waals surface area contributed by atoms with Gasteiger partial charge in [-0.3, -0.25) is 0 Å². The highest BCUT2D eigenvalue weighted by Gasteiger charge is 2.10. The van der Waals surface area contributed by atoms with Crippen molar-refractivity contribution in [3.63, 3.8) is 0 Å². The van der Waals surface area contributed by atoms with Gasteiger partial charge in [-0.15, -0.1) is 0 Å². The van der Waals surface area contributed by atoms with E-state index in [4.69, 9.17) is 5.11 Å². The molecule has 1 fully saturated rings. The molecule has 1 saturated carbocycles. The van der Waals surface area contributed by atoms with E-state index in [2.05, 4.69) is 5.32 Å². The predicted octanol–water partition coefficient (Wildman–Crippen LogP) is 2.46. The zero-order chi connectivity index (χ0) is 10.1. The van der Waals surface area contributed by atoms with Crippen molar-refractivity contribution in [2.24, 2.45) is 0 Å². The summed E-state index contributed by atoms with van der Waals surface area (Å²) in [5, 5.41) is 12.3. The van der Waals surface area contributed by atoms with Gasteiger partial charge in [0, 0.05) is 12.6 Å². The molecule has 14 heavy (non-hydrogen) atoms. The quantitative estimate of drug-likeness (QED) is 0.509. The Bertz CT molecular complexity index is 119. The molecule has 0 aromatic rings. The standard InChI is InChI=1S/C12H25NO/c14-11-7-3-6-10-13-12-8-4-1-2-5-9-12/h12-14H,1-11H2. The maximum atomic E-state index is 8.63. The van der Waals surface area contributed by atoms with E-state index in [-0.39, 0.29) is 0 Å². The summed E-state index contributed by atoms with van der Waals surface area (Å²) in [5.74, 6) is 0. The summed E-state index contributed by atoms with van der Waals surface area (Å²) >= 11 is 0. The van der Waals surface area contributed by atoms with Crippen LogP contribution >= 0.6 is 0 Å². The Kier molecular flexibility index (Phi) is 7.06. The van der Waals surface area contributed by atoms with Gasteiger partial charge in [0.05, 0.1) is 0 Å². The summed E-state index contributed by atoms with van der Waals surface area (Å²) in [6.07, 6.45) is 11.8. The van der Waals surface area contributed by atoms with Crippen molar-refractivity contribution in [1.82, 2.24) is 5.32 Å². The van der Waals surface area contributed by atoms with Crippen LogP contribution in [-0.2, 0) is 0 Å². The molecule has 0 saturated heterocycles. The Balaban J connectivity index is 1.93. The number of aliphatic hydroxyl groups excluding tert-OH is 1. The van der Waals surface area contributed by atoms with Crippen LogP contribution in [0.2, 0.25) is 0 Å². The first-order chi connectivity index (χ1) is 6.93. The lowest BCUT2D eigenvalue weighted by Crippen LogP contribution is -2.29. The average Bonchev–Trinajstić information content (AvgIpc) is 2.46. The second-order valence-corrected chi connectivity index (χ2v) is 4.43. The largest absolute Gasteiger partial charge is 0.396 e. The fourth-order valence-corrected chi connectivity index (χ4v) is 2.20. The van der Waals surface area contributed by atoms with E-state index < -0.39 is 0 Å². The smallest absolute Gasteiger partial charge is 0.0431 e. The normalized spacial score (nSPS) is 19.5. The van der Waals surface area contributed by atoms with Gasteiger partial charge >= 0.3 is 0 Å². The molecule has 84 valence electrons. The Hall–Kier alpha value is -0.0800. The number of unbranched alkanes of at least 4 members (excludes halogenated alkanes) is 2. The van der Waals surface area contributed by atoms with Crippen LogP contribution in [0.1, 0.15) is 57.8 Å². The van der Waals surface area contributed by atoms with Crippen LogP contribution < -0.4 is 5.32 Å². The topological polar surface area (TPSA) is 32.3 Å². The lowest BCUT2D eigenvalue weighted by molar-refractivity contribution is 0.282. The molecule has 0 aliphatic heterocycles. The van der Waals surface area contributed by atoms with E-state index in [1.54, 1.807) is 0 Å². The number of aliphatic hydroxyl groups is 1. The predicted molar refractivity (Wildman–Crippen MR) is 60.4 cm³/mol. The first kappa shape index (κ1) is 12.0. The van der Waals surface area contributed by atoms with Gasteiger partial charge in [0.2, 0.25) is 0 Å². The van der Waals surface area contributed by atoms with Crippen molar-refractivity contribution in [3.8, 4) is 0 Å². The van der Waals surface area contributed by atoms with Crippen molar-refractivity contribution >= 4 is 0 Å². The number of rotatable bonds is 6. The number of hydrogen-bond donors (Lipinski definition) is 2. The molecule has 0 radical (unpaired) electrons. The van der Waals surface area contributed by atoms with Gasteiger partial charge < -0.3 is 10.4 Å². The molecule has 2 nitrogen and oxygen atoms in total. The third-order valence-corrected chi connectivity index (χ3v) is 3.12. The van der Waals surface area contributed by atoms with Crippen LogP contribution in [-0.4, -0.2) is 24.3 Å². The van der Waals surface area contributed by atoms with Gasteiger partial charge in [0.15, 0.2) is 0 Å². The van der Waals surface area contributed by atoms with Crippen LogP contribution in [0.15, 0.2) is 0 Å². The van der Waals surface area contributed by atoms with Crippen molar-refractivity contribution in [2.75, 3.05) is 13.2 Å². The highest BCUT2D eigenvalue weighted by molar-refractivity contribution is 4.70. The highest BCUT2D eigenvalue weighted by Crippen LogP contribution is 2.17. The molecule has 0 bridgehead atoms. The van der Waals surface area contributed by atoms with Crippen LogP contribution in [0, 0.1) is 0 Å². The van der Waals surface area contributed by atoms with E-state index in [0.717, 1.165) is 25.4 Å². The molecule has 0 unspecified atom stereocenters. The Labute approximate surface area is 88.1 Å². The van der Waals surface area contributed by atoms with E-state index in [9.17, 15) is 0 Å². The molecule has 0 atom stereocenters. The first-order valence-corrected chi connectivity index (χ1v) is 6.27. The molecule has 0 heterocycles. The molecule has 0 aromatic carbocycles. The highest BCUT2D eigenvalue weighted by atomic mass is 16.2. The summed E-state index contributed by atoms with van der Waals surface area (Å²) in [5.41, 5.74) is 0. The molecule has 0 aromatic heterocycles. The monoisotopic (exact) mass is 199 g/mol. The fourth-order valence-electron chi connectivity index (χ4n) is 2.20. The second-order valence-electron chi connectivity index (χ2n) is 4.43. The minimum absolute atomic E-state index is 0.351. The summed E-state index contributed by atoms with van der Waals surface area (Å²) in [7, 11) is 0. The van der Waals surface area contributed by atoms with Crippen molar-refractivity contribution in [2.45, 2.75) is 63.8 Å². The third-order valence-electron chi connectivity index (χ3n) is 3.12. The molecular weight excluding hydrogens is 174 g/mol. The van der Waals surface area contributed by atoms with Crippen molar-refractivity contribution < 1.29 is 5.11 Å². The zero-order valence-electron chi connectivity index (χ0n) is 9.30. The Morgan fingerprint density at radius 2 is 1.64 bits per heavy atom. The van der Waals surface area contributed by atoms with Crippen LogP contribution in [0.4, 0.5) is 0 Å². The molecular formula is C12H25NO. The number of hydrogen-bond acceptors (Lipinski definition) is 2. The summed E-state index contributed by atoms with van der Waals surface area (Å²) in [6.45, 7) is 1.49. The van der Waals surface area contributed by atoms with Crippen molar-refractivity contribution in [3.05, 3.63) is 0 Å². The fraction of sp³-hybridized carbons (Fsp3) is 1.00. The van der Waals surface area contributed by atoms with E-state index in [1.165, 1.54) is 44.9 Å². The molecule has 2 N–H and O–H groups in total. The van der Waals surface area contributed by atoms with E-state index in [1.807, 2.05) is 0 Å². The second kappa shape index (κ2) is 8.25. The lowest BCUT2D eigenvalue weighted by Gasteiger charge is -2.15. The minimum Gasteiger partial charge on any atom is -0.396 e. The maximum Gasteiger partial charge on any atom is 0.0431 e. The van der Waals surface area contributed by atoms with Gasteiger partial charge in [-0.25, -0.2) is 0 Å². The molecule has 1 aliphatic rings. The van der Waals surface area contributed by atoms with Gasteiger partial charge in [0.1, 0.15) is 0 Å². The average molecular weight is 199 g/mol. The van der Waals surface area contributed by atoms with E-state index >= 15 is 0 Å². The summed E-state index contributed by atoms with van der Waals surface area (Å²) < 4.78 is 0. The van der Waals surface area contributed by atoms with Gasteiger partial charge in [-0.1, -0.05) is 25.7 Å². The van der Waals surface area contributed by atoms with Crippen molar-refractivity contribution in [1.29, 1.82) is 0 Å². The molecule has 1 aliphatic carbocycles. The molecule has 2 heteroatoms. The van der Waals surface area contributed by atoms with Gasteiger partial charge in [0.25, 0.3) is 0 Å². The van der Waals surface area contributed by atoms with Crippen LogP contribution in [0.25, 0.3) is 0 Å². The number of nitrogens with one attached hydrogen (secondary N) is 1. The van der Waals surface area contributed by atoms with E-state index in [0.29, 0.717) is 6.61 Å². The minimum atomic E-state index is 0.351.